The second-order valence-corrected chi connectivity index (χ2v) is 11.0. The molecule has 0 saturated carbocycles. The highest BCUT2D eigenvalue weighted by atomic mass is 32.2. The highest BCUT2D eigenvalue weighted by Gasteiger charge is 2.31. The molecule has 0 radical (unpaired) electrons. The lowest BCUT2D eigenvalue weighted by atomic mass is 10.1. The summed E-state index contributed by atoms with van der Waals surface area (Å²) >= 11 is 6.72. The minimum atomic E-state index is -0.406. The standard InChI is InChI=1S/C31H31N3O4S2/c1-22-11-13-23(14-12-22)20-27-30(37)34(31(39)40-27)19-7-3-6-10-28(35)32-33-29(36)25-15-17-26(18-16-25)38-21-24-8-4-2-5-9-24/h2,4-5,8-9,11-18,20H,3,6-7,10,19,21H2,1H3,(H,32,35)(H,33,36)/b27-20-. The van der Waals surface area contributed by atoms with Crippen LogP contribution in [0, 0.1) is 6.92 Å². The third-order valence-electron chi connectivity index (χ3n) is 6.21. The number of nitrogens with one attached hydrogen (secondary N) is 2. The summed E-state index contributed by atoms with van der Waals surface area (Å²) in [6.07, 6.45) is 4.23. The summed E-state index contributed by atoms with van der Waals surface area (Å²) in [6.45, 7) is 2.97. The Morgan fingerprint density at radius 3 is 2.38 bits per heavy atom. The number of benzene rings is 3. The summed E-state index contributed by atoms with van der Waals surface area (Å²) in [7, 11) is 0. The summed E-state index contributed by atoms with van der Waals surface area (Å²) in [5.41, 5.74) is 8.49. The van der Waals surface area contributed by atoms with E-state index in [4.69, 9.17) is 17.0 Å². The third-order valence-corrected chi connectivity index (χ3v) is 7.59. The van der Waals surface area contributed by atoms with Gasteiger partial charge in [-0.25, -0.2) is 0 Å². The first-order valence-electron chi connectivity index (χ1n) is 13.1. The Kier molecular flexibility index (Phi) is 10.5. The van der Waals surface area contributed by atoms with Gasteiger partial charge in [-0.1, -0.05) is 90.6 Å². The van der Waals surface area contributed by atoms with Crippen molar-refractivity contribution in [2.45, 2.75) is 39.2 Å². The predicted octanol–water partition coefficient (Wildman–Crippen LogP) is 5.80. The van der Waals surface area contributed by atoms with Crippen LogP contribution in [-0.4, -0.2) is 33.5 Å². The number of unbranched alkanes of at least 4 members (excludes halogenated alkanes) is 2. The van der Waals surface area contributed by atoms with Gasteiger partial charge in [0.25, 0.3) is 11.8 Å². The third kappa shape index (κ3) is 8.53. The minimum absolute atomic E-state index is 0.0770. The van der Waals surface area contributed by atoms with E-state index < -0.39 is 5.91 Å². The van der Waals surface area contributed by atoms with Crippen molar-refractivity contribution >= 4 is 52.1 Å². The number of carbonyl (C=O) groups excluding carboxylic acids is 3. The van der Waals surface area contributed by atoms with Crippen molar-refractivity contribution in [2.24, 2.45) is 0 Å². The van der Waals surface area contributed by atoms with Gasteiger partial charge in [-0.05, 0) is 61.2 Å². The molecule has 1 saturated heterocycles. The lowest BCUT2D eigenvalue weighted by molar-refractivity contribution is -0.123. The van der Waals surface area contributed by atoms with Crippen molar-refractivity contribution in [3.63, 3.8) is 0 Å². The first kappa shape index (κ1) is 29.0. The molecule has 0 aliphatic carbocycles. The summed E-state index contributed by atoms with van der Waals surface area (Å²) in [5, 5.41) is 0. The fourth-order valence-electron chi connectivity index (χ4n) is 3.94. The van der Waals surface area contributed by atoms with Crippen LogP contribution in [0.4, 0.5) is 0 Å². The predicted molar refractivity (Wildman–Crippen MR) is 162 cm³/mol. The maximum atomic E-state index is 12.8. The van der Waals surface area contributed by atoms with E-state index in [1.165, 1.54) is 11.8 Å². The van der Waals surface area contributed by atoms with Gasteiger partial charge in [0.1, 0.15) is 16.7 Å². The van der Waals surface area contributed by atoms with Crippen LogP contribution in [0.1, 0.15) is 52.7 Å². The molecule has 0 atom stereocenters. The normalized spacial score (nSPS) is 13.9. The molecule has 4 rings (SSSR count). The lowest BCUT2D eigenvalue weighted by Gasteiger charge is -2.14. The zero-order valence-electron chi connectivity index (χ0n) is 22.2. The van der Waals surface area contributed by atoms with Gasteiger partial charge in [0.2, 0.25) is 5.91 Å². The van der Waals surface area contributed by atoms with Crippen LogP contribution in [0.25, 0.3) is 6.08 Å². The van der Waals surface area contributed by atoms with E-state index in [2.05, 4.69) is 10.9 Å². The van der Waals surface area contributed by atoms with Gasteiger partial charge in [-0.2, -0.15) is 0 Å². The maximum Gasteiger partial charge on any atom is 0.269 e. The molecule has 9 heteroatoms. The molecule has 1 aliphatic rings. The van der Waals surface area contributed by atoms with E-state index in [0.717, 1.165) is 29.5 Å². The molecule has 40 heavy (non-hydrogen) atoms. The molecule has 1 aliphatic heterocycles. The van der Waals surface area contributed by atoms with Crippen LogP contribution in [0.2, 0.25) is 0 Å². The molecule has 7 nitrogen and oxygen atoms in total. The highest BCUT2D eigenvalue weighted by Crippen LogP contribution is 2.32. The van der Waals surface area contributed by atoms with E-state index in [1.807, 2.05) is 67.6 Å². The average Bonchev–Trinajstić information content (AvgIpc) is 3.23. The van der Waals surface area contributed by atoms with Gasteiger partial charge < -0.3 is 4.74 Å². The number of thioether (sulfide) groups is 1. The zero-order valence-corrected chi connectivity index (χ0v) is 23.9. The Labute approximate surface area is 244 Å². The first-order chi connectivity index (χ1) is 19.4. The molecule has 1 heterocycles. The molecule has 0 unspecified atom stereocenters. The molecule has 2 N–H and O–H groups in total. The van der Waals surface area contributed by atoms with Crippen molar-refractivity contribution < 1.29 is 19.1 Å². The molecular formula is C31H31N3O4S2. The van der Waals surface area contributed by atoms with Gasteiger partial charge in [0.15, 0.2) is 0 Å². The van der Waals surface area contributed by atoms with Crippen molar-refractivity contribution in [1.82, 2.24) is 15.8 Å². The molecule has 0 spiro atoms. The summed E-state index contributed by atoms with van der Waals surface area (Å²) < 4.78 is 6.29. The topological polar surface area (TPSA) is 87.7 Å². The Morgan fingerprint density at radius 2 is 1.65 bits per heavy atom. The zero-order chi connectivity index (χ0) is 28.3. The summed E-state index contributed by atoms with van der Waals surface area (Å²) in [6, 6.07) is 24.5. The van der Waals surface area contributed by atoms with Crippen molar-refractivity contribution in [2.75, 3.05) is 6.54 Å². The number of hydrogen-bond acceptors (Lipinski definition) is 6. The Hall–Kier alpha value is -3.95. The van der Waals surface area contributed by atoms with Gasteiger partial charge in [0, 0.05) is 18.5 Å². The molecule has 1 fully saturated rings. The van der Waals surface area contributed by atoms with Gasteiger partial charge >= 0.3 is 0 Å². The van der Waals surface area contributed by atoms with Gasteiger partial charge in [0.05, 0.1) is 4.91 Å². The number of amides is 3. The second-order valence-electron chi connectivity index (χ2n) is 9.36. The summed E-state index contributed by atoms with van der Waals surface area (Å²) in [4.78, 5) is 39.6. The van der Waals surface area contributed by atoms with E-state index >= 15 is 0 Å². The quantitative estimate of drug-likeness (QED) is 0.131. The van der Waals surface area contributed by atoms with E-state index in [1.54, 1.807) is 29.2 Å². The first-order valence-corrected chi connectivity index (χ1v) is 14.3. The second kappa shape index (κ2) is 14.4. The van der Waals surface area contributed by atoms with Crippen molar-refractivity contribution in [3.8, 4) is 5.75 Å². The molecule has 3 amide bonds. The number of aryl methyl sites for hydroxylation is 1. The average molecular weight is 574 g/mol. The minimum Gasteiger partial charge on any atom is -0.489 e. The maximum absolute atomic E-state index is 12.8. The van der Waals surface area contributed by atoms with Gasteiger partial charge in [-0.15, -0.1) is 0 Å². The monoisotopic (exact) mass is 573 g/mol. The number of carbonyl (C=O) groups is 3. The number of hydrazine groups is 1. The fraction of sp³-hybridized carbons (Fsp3) is 0.226. The highest BCUT2D eigenvalue weighted by molar-refractivity contribution is 8.26. The lowest BCUT2D eigenvalue weighted by Crippen LogP contribution is -2.41. The van der Waals surface area contributed by atoms with Crippen molar-refractivity contribution in [1.29, 1.82) is 0 Å². The van der Waals surface area contributed by atoms with Crippen LogP contribution in [-0.2, 0) is 16.2 Å². The summed E-state index contributed by atoms with van der Waals surface area (Å²) in [5.74, 6) is -0.108. The van der Waals surface area contributed by atoms with Gasteiger partial charge in [-0.3, -0.25) is 30.1 Å². The molecule has 0 bridgehead atoms. The molecule has 3 aromatic rings. The number of rotatable bonds is 11. The number of thiocarbonyl (C=S) groups is 1. The SMILES string of the molecule is Cc1ccc(/C=C2\SC(=S)N(CCCCCC(=O)NNC(=O)c3ccc(OCc4ccccc4)cc3)C2=O)cc1. The fourth-order valence-corrected chi connectivity index (χ4v) is 5.25. The molecule has 3 aromatic carbocycles. The van der Waals surface area contributed by atoms with Crippen LogP contribution in [0.5, 0.6) is 5.75 Å². The van der Waals surface area contributed by atoms with Crippen molar-refractivity contribution in [3.05, 3.63) is 106 Å². The van der Waals surface area contributed by atoms with Crippen LogP contribution in [0.3, 0.4) is 0 Å². The number of nitrogens with zero attached hydrogens (tertiary/aromatic N) is 1. The molecular weight excluding hydrogens is 542 g/mol. The smallest absolute Gasteiger partial charge is 0.269 e. The van der Waals surface area contributed by atoms with Crippen LogP contribution < -0.4 is 15.6 Å². The number of hydrogen-bond donors (Lipinski definition) is 2. The van der Waals surface area contributed by atoms with Crippen LogP contribution in [0.15, 0.2) is 83.8 Å². The Balaban J connectivity index is 1.11. The molecule has 0 aromatic heterocycles. The Morgan fingerprint density at radius 1 is 0.925 bits per heavy atom. The van der Waals surface area contributed by atoms with E-state index in [9.17, 15) is 14.4 Å². The molecule has 206 valence electrons. The van der Waals surface area contributed by atoms with E-state index in [0.29, 0.717) is 40.1 Å². The number of ether oxygens (including phenoxy) is 1. The van der Waals surface area contributed by atoms with Crippen LogP contribution >= 0.6 is 24.0 Å². The largest absolute Gasteiger partial charge is 0.489 e. The van der Waals surface area contributed by atoms with E-state index in [-0.39, 0.29) is 18.2 Å². The Bertz CT molecular complexity index is 1370.